The van der Waals surface area contributed by atoms with Gasteiger partial charge in [-0.05, 0) is 48.9 Å². The molecule has 4 nitrogen and oxygen atoms in total. The van der Waals surface area contributed by atoms with E-state index in [-0.39, 0.29) is 24.1 Å². The SMILES string of the molecule is Cc1cc(C(=O)N2C[C@H]3CNC[C@H]3C2)cc(C)c1OC(F)F.Cl. The lowest BCUT2D eigenvalue weighted by molar-refractivity contribution is -0.0507. The number of likely N-dealkylation sites (tertiary alicyclic amines) is 1. The summed E-state index contributed by atoms with van der Waals surface area (Å²) in [6, 6.07) is 3.28. The van der Waals surface area contributed by atoms with Crippen LogP contribution in [0.4, 0.5) is 8.78 Å². The van der Waals surface area contributed by atoms with E-state index in [1.54, 1.807) is 26.0 Å². The largest absolute Gasteiger partial charge is 0.434 e. The Morgan fingerprint density at radius 2 is 1.74 bits per heavy atom. The maximum Gasteiger partial charge on any atom is 0.387 e. The molecule has 23 heavy (non-hydrogen) atoms. The fraction of sp³-hybridized carbons (Fsp3) is 0.562. The van der Waals surface area contributed by atoms with E-state index in [9.17, 15) is 13.6 Å². The second-order valence-corrected chi connectivity index (χ2v) is 6.21. The van der Waals surface area contributed by atoms with E-state index in [0.29, 0.717) is 28.5 Å². The van der Waals surface area contributed by atoms with Gasteiger partial charge in [0.15, 0.2) is 0 Å². The van der Waals surface area contributed by atoms with Crippen molar-refractivity contribution in [3.05, 3.63) is 28.8 Å². The zero-order valence-electron chi connectivity index (χ0n) is 13.1. The zero-order valence-corrected chi connectivity index (χ0v) is 14.0. The van der Waals surface area contributed by atoms with E-state index in [2.05, 4.69) is 10.1 Å². The summed E-state index contributed by atoms with van der Waals surface area (Å²) in [5, 5.41) is 3.34. The number of hydrogen-bond acceptors (Lipinski definition) is 3. The van der Waals surface area contributed by atoms with Gasteiger partial charge >= 0.3 is 6.61 Å². The number of fused-ring (bicyclic) bond motifs is 1. The Morgan fingerprint density at radius 1 is 1.22 bits per heavy atom. The number of alkyl halides is 2. The van der Waals surface area contributed by atoms with Gasteiger partial charge in [0.2, 0.25) is 0 Å². The summed E-state index contributed by atoms with van der Waals surface area (Å²) in [4.78, 5) is 14.5. The van der Waals surface area contributed by atoms with Crippen molar-refractivity contribution in [2.45, 2.75) is 20.5 Å². The first-order valence-electron chi connectivity index (χ1n) is 7.51. The summed E-state index contributed by atoms with van der Waals surface area (Å²) < 4.78 is 29.4. The molecule has 0 unspecified atom stereocenters. The van der Waals surface area contributed by atoms with E-state index in [1.807, 2.05) is 4.90 Å². The van der Waals surface area contributed by atoms with E-state index < -0.39 is 6.61 Å². The average molecular weight is 347 g/mol. The van der Waals surface area contributed by atoms with Crippen molar-refractivity contribution < 1.29 is 18.3 Å². The molecule has 0 spiro atoms. The maximum atomic E-state index is 12.6. The Hall–Kier alpha value is -1.40. The normalized spacial score (nSPS) is 22.9. The smallest absolute Gasteiger partial charge is 0.387 e. The Kier molecular flexibility index (Phi) is 5.47. The van der Waals surface area contributed by atoms with Crippen LogP contribution in [0, 0.1) is 25.7 Å². The van der Waals surface area contributed by atoms with Crippen molar-refractivity contribution in [2.75, 3.05) is 26.2 Å². The molecule has 2 fully saturated rings. The van der Waals surface area contributed by atoms with Crippen molar-refractivity contribution in [3.8, 4) is 5.75 Å². The molecule has 0 aliphatic carbocycles. The number of carbonyl (C=O) groups excluding carboxylic acids is 1. The van der Waals surface area contributed by atoms with Gasteiger partial charge in [-0.2, -0.15) is 8.78 Å². The summed E-state index contributed by atoms with van der Waals surface area (Å²) in [7, 11) is 0. The lowest BCUT2D eigenvalue weighted by atomic mass is 10.0. The third-order valence-electron chi connectivity index (χ3n) is 4.59. The first-order valence-corrected chi connectivity index (χ1v) is 7.51. The van der Waals surface area contributed by atoms with Crippen LogP contribution in [0.1, 0.15) is 21.5 Å². The molecule has 0 radical (unpaired) electrons. The number of carbonyl (C=O) groups is 1. The molecule has 1 aromatic rings. The summed E-state index contributed by atoms with van der Waals surface area (Å²) >= 11 is 0. The van der Waals surface area contributed by atoms with Crippen LogP contribution < -0.4 is 10.1 Å². The third kappa shape index (κ3) is 3.58. The standard InChI is InChI=1S/C16H20F2N2O2.ClH/c1-9-3-11(4-10(2)14(9)22-16(17)18)15(21)20-7-12-5-19-6-13(12)8-20;/h3-4,12-13,16,19H,5-8H2,1-2H3;1H/t12-,13+;. The van der Waals surface area contributed by atoms with E-state index in [1.165, 1.54) is 0 Å². The molecule has 1 amide bonds. The quantitative estimate of drug-likeness (QED) is 0.914. The molecule has 0 aromatic heterocycles. The molecule has 0 bridgehead atoms. The van der Waals surface area contributed by atoms with Crippen molar-refractivity contribution in [1.82, 2.24) is 10.2 Å². The molecule has 128 valence electrons. The third-order valence-corrected chi connectivity index (χ3v) is 4.59. The fourth-order valence-corrected chi connectivity index (χ4v) is 3.55. The van der Waals surface area contributed by atoms with Crippen LogP contribution in [-0.2, 0) is 0 Å². The molecule has 2 atom stereocenters. The summed E-state index contributed by atoms with van der Waals surface area (Å²) in [5.74, 6) is 1.21. The predicted molar refractivity (Wildman–Crippen MR) is 85.5 cm³/mol. The number of halogens is 3. The fourth-order valence-electron chi connectivity index (χ4n) is 3.55. The van der Waals surface area contributed by atoms with Gasteiger partial charge in [-0.1, -0.05) is 0 Å². The number of aryl methyl sites for hydroxylation is 2. The Morgan fingerprint density at radius 3 is 2.22 bits per heavy atom. The monoisotopic (exact) mass is 346 g/mol. The number of nitrogens with zero attached hydrogens (tertiary/aromatic N) is 1. The van der Waals surface area contributed by atoms with Crippen LogP contribution in [0.25, 0.3) is 0 Å². The van der Waals surface area contributed by atoms with Gasteiger partial charge in [0, 0.05) is 31.7 Å². The molecule has 2 heterocycles. The first-order chi connectivity index (χ1) is 10.5. The first kappa shape index (κ1) is 17.9. The van der Waals surface area contributed by atoms with Crippen LogP contribution >= 0.6 is 12.4 Å². The van der Waals surface area contributed by atoms with Crippen LogP contribution in [0.15, 0.2) is 12.1 Å². The van der Waals surface area contributed by atoms with Gasteiger partial charge < -0.3 is 15.0 Å². The second-order valence-electron chi connectivity index (χ2n) is 6.21. The van der Waals surface area contributed by atoms with Gasteiger partial charge in [0.25, 0.3) is 5.91 Å². The van der Waals surface area contributed by atoms with E-state index in [4.69, 9.17) is 0 Å². The molecule has 3 rings (SSSR count). The number of nitrogens with one attached hydrogen (secondary N) is 1. The van der Waals surface area contributed by atoms with Crippen LogP contribution in [0.5, 0.6) is 5.75 Å². The molecule has 1 aromatic carbocycles. The number of benzene rings is 1. The molecular weight excluding hydrogens is 326 g/mol. The van der Waals surface area contributed by atoms with Crippen molar-refractivity contribution in [3.63, 3.8) is 0 Å². The maximum absolute atomic E-state index is 12.6. The van der Waals surface area contributed by atoms with Crippen molar-refractivity contribution >= 4 is 18.3 Å². The topological polar surface area (TPSA) is 41.6 Å². The molecule has 1 N–H and O–H groups in total. The Labute approximate surface area is 140 Å². The molecule has 2 saturated heterocycles. The van der Waals surface area contributed by atoms with Gasteiger partial charge in [-0.25, -0.2) is 0 Å². The molecule has 2 aliphatic heterocycles. The highest BCUT2D eigenvalue weighted by Gasteiger charge is 2.38. The highest BCUT2D eigenvalue weighted by molar-refractivity contribution is 5.95. The van der Waals surface area contributed by atoms with Crippen LogP contribution in [-0.4, -0.2) is 43.6 Å². The molecule has 0 saturated carbocycles. The summed E-state index contributed by atoms with van der Waals surface area (Å²) in [6.07, 6.45) is 0. The van der Waals surface area contributed by atoms with E-state index >= 15 is 0 Å². The van der Waals surface area contributed by atoms with Crippen LogP contribution in [0.3, 0.4) is 0 Å². The van der Waals surface area contributed by atoms with Gasteiger partial charge in [-0.3, -0.25) is 4.79 Å². The summed E-state index contributed by atoms with van der Waals surface area (Å²) in [5.41, 5.74) is 1.67. The van der Waals surface area contributed by atoms with Crippen molar-refractivity contribution in [2.24, 2.45) is 11.8 Å². The van der Waals surface area contributed by atoms with Gasteiger partial charge in [0.05, 0.1) is 0 Å². The minimum atomic E-state index is -2.86. The van der Waals surface area contributed by atoms with Gasteiger partial charge in [0.1, 0.15) is 5.75 Å². The van der Waals surface area contributed by atoms with Crippen molar-refractivity contribution in [1.29, 1.82) is 0 Å². The lowest BCUT2D eigenvalue weighted by Gasteiger charge is -2.19. The number of amides is 1. The molecule has 2 aliphatic rings. The second kappa shape index (κ2) is 7.01. The Bertz CT molecular complexity index is 562. The summed E-state index contributed by atoms with van der Waals surface area (Å²) in [6.45, 7) is 3.98. The molecule has 7 heteroatoms. The highest BCUT2D eigenvalue weighted by atomic mass is 35.5. The zero-order chi connectivity index (χ0) is 15.9. The number of hydrogen-bond donors (Lipinski definition) is 1. The minimum absolute atomic E-state index is 0. The highest BCUT2D eigenvalue weighted by Crippen LogP contribution is 2.30. The minimum Gasteiger partial charge on any atom is -0.434 e. The average Bonchev–Trinajstić information content (AvgIpc) is 3.02. The van der Waals surface area contributed by atoms with E-state index in [0.717, 1.165) is 26.2 Å². The predicted octanol–water partition coefficient (Wildman–Crippen LogP) is 2.62. The van der Waals surface area contributed by atoms with Gasteiger partial charge in [-0.15, -0.1) is 12.4 Å². The molecular formula is C16H21ClF2N2O2. The number of rotatable bonds is 3. The lowest BCUT2D eigenvalue weighted by Crippen LogP contribution is -2.32. The van der Waals surface area contributed by atoms with Crippen LogP contribution in [0.2, 0.25) is 0 Å². The Balaban J connectivity index is 0.00000192. The number of ether oxygens (including phenoxy) is 1.